The molecule has 7 nitrogen and oxygen atoms in total. The number of likely N-dealkylation sites (N-methyl/N-ethyl adjacent to an activating group) is 1. The first-order valence-electron chi connectivity index (χ1n) is 10.2. The van der Waals surface area contributed by atoms with E-state index in [1.165, 1.54) is 15.8 Å². The van der Waals surface area contributed by atoms with Crippen molar-refractivity contribution in [2.75, 3.05) is 11.9 Å². The van der Waals surface area contributed by atoms with E-state index in [4.69, 9.17) is 0 Å². The molecule has 0 radical (unpaired) electrons. The summed E-state index contributed by atoms with van der Waals surface area (Å²) < 4.78 is 15.9. The maximum absolute atomic E-state index is 14.5. The molecule has 0 saturated heterocycles. The minimum absolute atomic E-state index is 0.0259. The van der Waals surface area contributed by atoms with Gasteiger partial charge in [-0.1, -0.05) is 35.9 Å². The minimum atomic E-state index is -0.738. The van der Waals surface area contributed by atoms with Gasteiger partial charge in [0, 0.05) is 13.2 Å². The van der Waals surface area contributed by atoms with Crippen molar-refractivity contribution in [1.29, 1.82) is 0 Å². The summed E-state index contributed by atoms with van der Waals surface area (Å²) in [5.41, 5.74) is 2.78. The van der Waals surface area contributed by atoms with Gasteiger partial charge >= 0.3 is 0 Å². The number of nitrogens with zero attached hydrogens (tertiary/aromatic N) is 4. The lowest BCUT2D eigenvalue weighted by Crippen LogP contribution is -2.48. The molecule has 0 spiro atoms. The first-order chi connectivity index (χ1) is 14.9. The highest BCUT2D eigenvalue weighted by Gasteiger charge is 2.52. The van der Waals surface area contributed by atoms with Crippen molar-refractivity contribution < 1.29 is 14.0 Å². The average molecular weight is 419 g/mol. The van der Waals surface area contributed by atoms with Crippen molar-refractivity contribution in [3.8, 4) is 0 Å². The fourth-order valence-corrected chi connectivity index (χ4v) is 4.31. The molecule has 8 heteroatoms. The first kappa shape index (κ1) is 19.4. The average Bonchev–Trinajstić information content (AvgIpc) is 3.48. The first-order valence-corrected chi connectivity index (χ1v) is 10.2. The zero-order chi connectivity index (χ0) is 21.7. The van der Waals surface area contributed by atoms with Crippen LogP contribution in [0.3, 0.4) is 0 Å². The Labute approximate surface area is 178 Å². The molecule has 31 heavy (non-hydrogen) atoms. The second kappa shape index (κ2) is 7.30. The zero-order valence-electron chi connectivity index (χ0n) is 17.2. The molecule has 3 atom stereocenters. The summed E-state index contributed by atoms with van der Waals surface area (Å²) in [4.78, 5) is 31.7. The second-order valence-electron chi connectivity index (χ2n) is 8.28. The predicted octanol–water partition coefficient (Wildman–Crippen LogP) is 2.65. The van der Waals surface area contributed by atoms with Gasteiger partial charge in [-0.2, -0.15) is 5.10 Å². The van der Waals surface area contributed by atoms with E-state index in [2.05, 4.69) is 15.4 Å². The lowest BCUT2D eigenvalue weighted by Gasteiger charge is -2.22. The van der Waals surface area contributed by atoms with E-state index in [1.54, 1.807) is 13.2 Å². The van der Waals surface area contributed by atoms with Crippen molar-refractivity contribution >= 4 is 17.6 Å². The van der Waals surface area contributed by atoms with E-state index in [9.17, 15) is 14.0 Å². The second-order valence-corrected chi connectivity index (χ2v) is 8.28. The van der Waals surface area contributed by atoms with Gasteiger partial charge in [0.05, 0.1) is 12.7 Å². The molecule has 0 unspecified atom stereocenters. The number of pyridine rings is 1. The number of anilines is 1. The summed E-state index contributed by atoms with van der Waals surface area (Å²) in [6.45, 7) is 2.34. The number of hydrogen-bond donors (Lipinski definition) is 1. The van der Waals surface area contributed by atoms with Crippen LogP contribution >= 0.6 is 0 Å². The summed E-state index contributed by atoms with van der Waals surface area (Å²) in [5.74, 6) is -0.898. The number of halogens is 1. The lowest BCUT2D eigenvalue weighted by atomic mass is 10.1. The number of aryl methyl sites for hydroxylation is 1. The number of benzene rings is 1. The van der Waals surface area contributed by atoms with Gasteiger partial charge in [0.15, 0.2) is 11.5 Å². The Morgan fingerprint density at radius 2 is 2.03 bits per heavy atom. The molecule has 2 amide bonds. The molecular weight excluding hydrogens is 397 g/mol. The van der Waals surface area contributed by atoms with Crippen molar-refractivity contribution in [3.05, 3.63) is 77.0 Å². The summed E-state index contributed by atoms with van der Waals surface area (Å²) in [7, 11) is 1.65. The molecule has 3 heterocycles. The van der Waals surface area contributed by atoms with Gasteiger partial charge in [0.25, 0.3) is 11.8 Å². The van der Waals surface area contributed by atoms with E-state index in [0.717, 1.165) is 23.1 Å². The van der Waals surface area contributed by atoms with E-state index in [1.807, 2.05) is 43.3 Å². The summed E-state index contributed by atoms with van der Waals surface area (Å²) in [6.07, 6.45) is 3.64. The third-order valence-corrected chi connectivity index (χ3v) is 6.08. The number of amides is 2. The number of nitrogens with one attached hydrogen (secondary N) is 1. The number of hydrogen-bond acceptors (Lipinski definition) is 4. The maximum atomic E-state index is 14.5. The largest absolute Gasteiger partial charge is 0.338 e. The standard InChI is InChI=1S/C23H22FN5O2/c1-13-5-7-14(8-6-13)11-29-12-18(24)20(27-29)22(30)26-19-17-10-16(17)15-4-3-9-25-21(15)28(2)23(19)31/h3-9,12,16-17,19H,10-11H2,1-2H3,(H,26,30)/t16-,17-,19-/m1/s1. The summed E-state index contributed by atoms with van der Waals surface area (Å²) in [6, 6.07) is 10.9. The van der Waals surface area contributed by atoms with Crippen LogP contribution in [0.5, 0.6) is 0 Å². The number of aromatic nitrogens is 3. The molecule has 1 aliphatic heterocycles. The molecule has 1 aliphatic carbocycles. The third kappa shape index (κ3) is 3.48. The minimum Gasteiger partial charge on any atom is -0.338 e. The van der Waals surface area contributed by atoms with Gasteiger partial charge in [0.1, 0.15) is 11.9 Å². The highest BCUT2D eigenvalue weighted by atomic mass is 19.1. The Hall–Kier alpha value is -3.55. The normalized spacial score (nSPS) is 21.8. The Morgan fingerprint density at radius 3 is 2.81 bits per heavy atom. The van der Waals surface area contributed by atoms with E-state index in [0.29, 0.717) is 12.4 Å². The monoisotopic (exact) mass is 419 g/mol. The SMILES string of the molecule is Cc1ccc(Cn2cc(F)c(C(=O)N[C@H]3C(=O)N(C)c4ncccc4[C@H]4C[C@H]43)n2)cc1. The highest BCUT2D eigenvalue weighted by Crippen LogP contribution is 2.53. The van der Waals surface area contributed by atoms with Crippen LogP contribution in [0.15, 0.2) is 48.8 Å². The summed E-state index contributed by atoms with van der Waals surface area (Å²) >= 11 is 0. The lowest BCUT2D eigenvalue weighted by molar-refractivity contribution is -0.120. The molecule has 158 valence electrons. The van der Waals surface area contributed by atoms with Crippen molar-refractivity contribution in [2.24, 2.45) is 5.92 Å². The molecule has 2 aromatic heterocycles. The topological polar surface area (TPSA) is 80.1 Å². The van der Waals surface area contributed by atoms with Gasteiger partial charge in [-0.15, -0.1) is 0 Å². The van der Waals surface area contributed by atoms with Crippen LogP contribution in [0, 0.1) is 18.7 Å². The van der Waals surface area contributed by atoms with Crippen molar-refractivity contribution in [1.82, 2.24) is 20.1 Å². The molecule has 5 rings (SSSR count). The maximum Gasteiger partial charge on any atom is 0.275 e. The smallest absolute Gasteiger partial charge is 0.275 e. The van der Waals surface area contributed by atoms with Crippen molar-refractivity contribution in [3.63, 3.8) is 0 Å². The molecule has 1 fully saturated rings. The van der Waals surface area contributed by atoms with Crippen LogP contribution in [0.1, 0.15) is 39.5 Å². The molecule has 1 saturated carbocycles. The molecule has 1 aromatic carbocycles. The summed E-state index contributed by atoms with van der Waals surface area (Å²) in [5, 5.41) is 6.86. The third-order valence-electron chi connectivity index (χ3n) is 6.08. The van der Waals surface area contributed by atoms with Gasteiger partial charge in [-0.3, -0.25) is 19.2 Å². The number of fused-ring (bicyclic) bond motifs is 3. The van der Waals surface area contributed by atoms with Crippen LogP contribution in [-0.2, 0) is 11.3 Å². The van der Waals surface area contributed by atoms with Gasteiger partial charge < -0.3 is 5.32 Å². The number of carbonyl (C=O) groups excluding carboxylic acids is 2. The Morgan fingerprint density at radius 1 is 1.26 bits per heavy atom. The zero-order valence-corrected chi connectivity index (χ0v) is 17.2. The van der Waals surface area contributed by atoms with Crippen LogP contribution < -0.4 is 10.2 Å². The van der Waals surface area contributed by atoms with Crippen LogP contribution in [0.2, 0.25) is 0 Å². The molecule has 1 N–H and O–H groups in total. The van der Waals surface area contributed by atoms with Gasteiger partial charge in [-0.25, -0.2) is 9.37 Å². The van der Waals surface area contributed by atoms with Crippen LogP contribution in [0.25, 0.3) is 0 Å². The molecule has 0 bridgehead atoms. The van der Waals surface area contributed by atoms with Crippen LogP contribution in [-0.4, -0.2) is 39.7 Å². The van der Waals surface area contributed by atoms with Crippen LogP contribution in [0.4, 0.5) is 10.2 Å². The van der Waals surface area contributed by atoms with Gasteiger partial charge in [0.2, 0.25) is 0 Å². The Bertz CT molecular complexity index is 1170. The van der Waals surface area contributed by atoms with E-state index >= 15 is 0 Å². The number of rotatable bonds is 4. The fourth-order valence-electron chi connectivity index (χ4n) is 4.31. The molecule has 2 aliphatic rings. The molecular formula is C23H22FN5O2. The Balaban J connectivity index is 1.34. The van der Waals surface area contributed by atoms with E-state index < -0.39 is 17.8 Å². The molecule has 3 aromatic rings. The quantitative estimate of drug-likeness (QED) is 0.705. The number of carbonyl (C=O) groups is 2. The highest BCUT2D eigenvalue weighted by molar-refractivity contribution is 6.02. The van der Waals surface area contributed by atoms with Gasteiger partial charge in [-0.05, 0) is 42.4 Å². The van der Waals surface area contributed by atoms with Crippen molar-refractivity contribution in [2.45, 2.75) is 31.8 Å². The fraction of sp³-hybridized carbons (Fsp3) is 0.304. The predicted molar refractivity (Wildman–Crippen MR) is 112 cm³/mol. The Kier molecular flexibility index (Phi) is 4.57. The van der Waals surface area contributed by atoms with E-state index in [-0.39, 0.29) is 23.4 Å².